The van der Waals surface area contributed by atoms with Gasteiger partial charge in [-0.2, -0.15) is 0 Å². The van der Waals surface area contributed by atoms with Crippen molar-refractivity contribution in [3.8, 4) is 5.75 Å². The van der Waals surface area contributed by atoms with Gasteiger partial charge in [-0.3, -0.25) is 4.79 Å². The van der Waals surface area contributed by atoms with Crippen LogP contribution in [0, 0.1) is 5.82 Å². The summed E-state index contributed by atoms with van der Waals surface area (Å²) in [7, 11) is 0. The van der Waals surface area contributed by atoms with E-state index in [1.807, 2.05) is 30.3 Å². The molecule has 0 bridgehead atoms. The molecule has 1 heterocycles. The molecule has 0 aromatic heterocycles. The number of nitrogens with zero attached hydrogens (tertiary/aromatic N) is 1. The minimum Gasteiger partial charge on any atom is -0.474 e. The van der Waals surface area contributed by atoms with Crippen LogP contribution in [-0.4, -0.2) is 29.9 Å². The first-order valence-electron chi connectivity index (χ1n) is 8.25. The molecular formula is C19H20ClFN2O2. The Morgan fingerprint density at radius 1 is 1.28 bits per heavy atom. The second kappa shape index (κ2) is 7.85. The SMILES string of the molecule is NC1CCCN(C(=O)C(Oc2ccc(F)cc2Cl)c2ccccc2)C1. The molecule has 0 saturated carbocycles. The molecule has 1 aliphatic rings. The van der Waals surface area contributed by atoms with Crippen molar-refractivity contribution in [1.82, 2.24) is 4.90 Å². The second-order valence-corrected chi connectivity index (χ2v) is 6.58. The normalized spacial score (nSPS) is 18.7. The van der Waals surface area contributed by atoms with Gasteiger partial charge in [-0.05, 0) is 31.0 Å². The maximum Gasteiger partial charge on any atom is 0.268 e. The Morgan fingerprint density at radius 3 is 2.72 bits per heavy atom. The van der Waals surface area contributed by atoms with Crippen LogP contribution in [0.2, 0.25) is 5.02 Å². The van der Waals surface area contributed by atoms with Crippen molar-refractivity contribution in [2.75, 3.05) is 13.1 Å². The zero-order chi connectivity index (χ0) is 17.8. The van der Waals surface area contributed by atoms with Crippen molar-refractivity contribution in [2.24, 2.45) is 5.73 Å². The average Bonchev–Trinajstić information content (AvgIpc) is 2.61. The van der Waals surface area contributed by atoms with E-state index in [0.717, 1.165) is 12.8 Å². The molecule has 1 saturated heterocycles. The van der Waals surface area contributed by atoms with Crippen LogP contribution in [0.15, 0.2) is 48.5 Å². The van der Waals surface area contributed by atoms with Gasteiger partial charge in [-0.1, -0.05) is 41.9 Å². The van der Waals surface area contributed by atoms with E-state index < -0.39 is 11.9 Å². The van der Waals surface area contributed by atoms with E-state index in [2.05, 4.69) is 0 Å². The molecule has 0 aliphatic carbocycles. The van der Waals surface area contributed by atoms with Crippen LogP contribution in [-0.2, 0) is 4.79 Å². The van der Waals surface area contributed by atoms with Gasteiger partial charge in [0.15, 0.2) is 0 Å². The van der Waals surface area contributed by atoms with Crippen LogP contribution in [0.3, 0.4) is 0 Å². The minimum absolute atomic E-state index is 0.0245. The number of hydrogen-bond donors (Lipinski definition) is 1. The topological polar surface area (TPSA) is 55.6 Å². The van der Waals surface area contributed by atoms with Gasteiger partial charge in [-0.15, -0.1) is 0 Å². The number of carbonyl (C=O) groups is 1. The van der Waals surface area contributed by atoms with Crippen LogP contribution in [0.4, 0.5) is 4.39 Å². The van der Waals surface area contributed by atoms with E-state index in [0.29, 0.717) is 18.7 Å². The summed E-state index contributed by atoms with van der Waals surface area (Å²) in [6, 6.07) is 13.0. The monoisotopic (exact) mass is 362 g/mol. The summed E-state index contributed by atoms with van der Waals surface area (Å²) in [5, 5.41) is 0.129. The Balaban J connectivity index is 1.88. The first-order valence-corrected chi connectivity index (χ1v) is 8.63. The maximum atomic E-state index is 13.3. The van der Waals surface area contributed by atoms with Gasteiger partial charge in [-0.25, -0.2) is 4.39 Å². The number of likely N-dealkylation sites (tertiary alicyclic amines) is 1. The van der Waals surface area contributed by atoms with Crippen LogP contribution in [0.1, 0.15) is 24.5 Å². The summed E-state index contributed by atoms with van der Waals surface area (Å²) >= 11 is 6.06. The summed E-state index contributed by atoms with van der Waals surface area (Å²) in [5.74, 6) is -0.352. The van der Waals surface area contributed by atoms with Crippen molar-refractivity contribution >= 4 is 17.5 Å². The molecule has 3 rings (SSSR count). The number of piperidine rings is 1. The quantitative estimate of drug-likeness (QED) is 0.904. The van der Waals surface area contributed by atoms with Gasteiger partial charge < -0.3 is 15.4 Å². The van der Waals surface area contributed by atoms with E-state index in [9.17, 15) is 9.18 Å². The molecule has 132 valence electrons. The van der Waals surface area contributed by atoms with Crippen molar-refractivity contribution in [2.45, 2.75) is 25.0 Å². The molecule has 4 nitrogen and oxygen atoms in total. The molecule has 0 spiro atoms. The number of hydrogen-bond acceptors (Lipinski definition) is 3. The molecule has 2 N–H and O–H groups in total. The number of amides is 1. The number of halogens is 2. The van der Waals surface area contributed by atoms with Gasteiger partial charge in [0.1, 0.15) is 11.6 Å². The molecule has 2 aromatic rings. The van der Waals surface area contributed by atoms with Crippen LogP contribution in [0.25, 0.3) is 0 Å². The van der Waals surface area contributed by atoms with Crippen LogP contribution in [0.5, 0.6) is 5.75 Å². The molecule has 25 heavy (non-hydrogen) atoms. The van der Waals surface area contributed by atoms with Gasteiger partial charge in [0.2, 0.25) is 6.10 Å². The highest BCUT2D eigenvalue weighted by Gasteiger charge is 2.31. The molecule has 1 fully saturated rings. The smallest absolute Gasteiger partial charge is 0.268 e. The Kier molecular flexibility index (Phi) is 5.56. The molecule has 6 heteroatoms. The minimum atomic E-state index is -0.852. The predicted molar refractivity (Wildman–Crippen MR) is 95.0 cm³/mol. The summed E-state index contributed by atoms with van der Waals surface area (Å²) in [6.45, 7) is 1.15. The fourth-order valence-electron chi connectivity index (χ4n) is 2.96. The number of ether oxygens (including phenoxy) is 1. The van der Waals surface area contributed by atoms with Crippen molar-refractivity contribution < 1.29 is 13.9 Å². The molecule has 2 atom stereocenters. The van der Waals surface area contributed by atoms with Gasteiger partial charge in [0.25, 0.3) is 5.91 Å². The molecule has 2 unspecified atom stereocenters. The lowest BCUT2D eigenvalue weighted by Gasteiger charge is -2.33. The second-order valence-electron chi connectivity index (χ2n) is 6.17. The summed E-state index contributed by atoms with van der Waals surface area (Å²) in [4.78, 5) is 14.8. The van der Waals surface area contributed by atoms with E-state index in [1.54, 1.807) is 4.90 Å². The first kappa shape index (κ1) is 17.7. The zero-order valence-corrected chi connectivity index (χ0v) is 14.5. The number of benzene rings is 2. The third-order valence-corrected chi connectivity index (χ3v) is 4.53. The fraction of sp³-hybridized carbons (Fsp3) is 0.316. The van der Waals surface area contributed by atoms with Crippen molar-refractivity contribution in [1.29, 1.82) is 0 Å². The van der Waals surface area contributed by atoms with Crippen molar-refractivity contribution in [3.05, 3.63) is 64.9 Å². The third-order valence-electron chi connectivity index (χ3n) is 4.23. The summed E-state index contributed by atoms with van der Waals surface area (Å²) < 4.78 is 19.2. The standard InChI is InChI=1S/C19H20ClFN2O2/c20-16-11-14(21)8-9-17(16)25-18(13-5-2-1-3-6-13)19(24)23-10-4-7-15(22)12-23/h1-3,5-6,8-9,11,15,18H,4,7,10,12,22H2. The summed E-state index contributed by atoms with van der Waals surface area (Å²) in [5.41, 5.74) is 6.71. The average molecular weight is 363 g/mol. The van der Waals surface area contributed by atoms with E-state index >= 15 is 0 Å². The molecule has 1 aliphatic heterocycles. The Hall–Kier alpha value is -2.11. The van der Waals surface area contributed by atoms with Gasteiger partial charge in [0, 0.05) is 24.7 Å². The first-order chi connectivity index (χ1) is 12.0. The van der Waals surface area contributed by atoms with Crippen LogP contribution >= 0.6 is 11.6 Å². The summed E-state index contributed by atoms with van der Waals surface area (Å²) in [6.07, 6.45) is 0.922. The molecular weight excluding hydrogens is 343 g/mol. The van der Waals surface area contributed by atoms with E-state index in [-0.39, 0.29) is 22.7 Å². The van der Waals surface area contributed by atoms with Gasteiger partial charge in [0.05, 0.1) is 5.02 Å². The highest BCUT2D eigenvalue weighted by molar-refractivity contribution is 6.32. The lowest BCUT2D eigenvalue weighted by atomic mass is 10.0. The molecule has 1 amide bonds. The zero-order valence-electron chi connectivity index (χ0n) is 13.7. The molecule has 2 aromatic carbocycles. The number of rotatable bonds is 4. The predicted octanol–water partition coefficient (Wildman–Crippen LogP) is 3.55. The highest BCUT2D eigenvalue weighted by Crippen LogP contribution is 2.31. The number of carbonyl (C=O) groups excluding carboxylic acids is 1. The lowest BCUT2D eigenvalue weighted by molar-refractivity contribution is -0.140. The maximum absolute atomic E-state index is 13.3. The number of nitrogens with two attached hydrogens (primary N) is 1. The van der Waals surface area contributed by atoms with E-state index in [4.69, 9.17) is 22.1 Å². The molecule has 0 radical (unpaired) electrons. The Bertz CT molecular complexity index is 741. The third kappa shape index (κ3) is 4.30. The largest absolute Gasteiger partial charge is 0.474 e. The van der Waals surface area contributed by atoms with Gasteiger partial charge >= 0.3 is 0 Å². The lowest BCUT2D eigenvalue weighted by Crippen LogP contribution is -2.48. The fourth-order valence-corrected chi connectivity index (χ4v) is 3.17. The van der Waals surface area contributed by atoms with Crippen LogP contribution < -0.4 is 10.5 Å². The van der Waals surface area contributed by atoms with E-state index in [1.165, 1.54) is 18.2 Å². The van der Waals surface area contributed by atoms with Crippen molar-refractivity contribution in [3.63, 3.8) is 0 Å². The Morgan fingerprint density at radius 2 is 2.04 bits per heavy atom. The Labute approximate surface area is 151 Å². The highest BCUT2D eigenvalue weighted by atomic mass is 35.5.